The monoisotopic (exact) mass is 1070 g/mol. The molecule has 8 rings (SSSR count). The highest BCUT2D eigenvalue weighted by atomic mass is 31.2. The van der Waals surface area contributed by atoms with Crippen LogP contribution in [0.3, 0.4) is 0 Å². The molecule has 0 heterocycles. The number of hydrogen-bond donors (Lipinski definition) is 3. The van der Waals surface area contributed by atoms with E-state index in [9.17, 15) is 0 Å². The molecule has 0 spiro atoms. The summed E-state index contributed by atoms with van der Waals surface area (Å²) >= 11 is 0. The molecule has 15 heteroatoms. The van der Waals surface area contributed by atoms with Crippen LogP contribution in [0, 0.1) is 0 Å². The van der Waals surface area contributed by atoms with Gasteiger partial charge in [-0.1, -0.05) is 177 Å². The SMILES string of the molecule is CCCN(C)P(c1ccccc1)c1ccccc1.OCCCP(Oc1ccccc1)Oc1ccccc1.OCCOP(Oc1ccccc1)Oc1ccccc1.OCCOP(Oc1ccccc1)c1ccccc1. The Labute approximate surface area is 442 Å². The summed E-state index contributed by atoms with van der Waals surface area (Å²) in [6, 6.07) is 78.8. The molecule has 8 aromatic carbocycles. The van der Waals surface area contributed by atoms with E-state index >= 15 is 0 Å². The predicted octanol–water partition coefficient (Wildman–Crippen LogP) is 13.3. The van der Waals surface area contributed by atoms with Crippen molar-refractivity contribution < 1.29 is 47.0 Å². The zero-order valence-corrected chi connectivity index (χ0v) is 45.5. The lowest BCUT2D eigenvalue weighted by Gasteiger charge is -2.28. The normalized spacial score (nSPS) is 11.0. The van der Waals surface area contributed by atoms with Crippen LogP contribution in [0.2, 0.25) is 0 Å². The molecule has 0 aliphatic rings. The fraction of sp³-hybridized carbons (Fsp3) is 0.186. The first-order chi connectivity index (χ1) is 36.5. The Kier molecular flexibility index (Phi) is 29.6. The molecule has 0 aliphatic heterocycles. The maximum absolute atomic E-state index is 8.95. The van der Waals surface area contributed by atoms with Gasteiger partial charge in [0.2, 0.25) is 0 Å². The number of aliphatic hydroxyl groups is 3. The number of hydrogen-bond acceptors (Lipinski definition) is 11. The number of nitrogens with zero attached hydrogens (tertiary/aromatic N) is 1. The maximum atomic E-state index is 8.95. The van der Waals surface area contributed by atoms with E-state index in [1.54, 1.807) is 0 Å². The zero-order valence-electron chi connectivity index (χ0n) is 41.9. The fourth-order valence-corrected chi connectivity index (χ4v) is 12.3. The van der Waals surface area contributed by atoms with E-state index in [1.165, 1.54) is 17.0 Å². The highest BCUT2D eigenvalue weighted by Crippen LogP contribution is 2.43. The third-order valence-electron chi connectivity index (χ3n) is 9.62. The van der Waals surface area contributed by atoms with Gasteiger partial charge in [0, 0.05) is 32.7 Å². The van der Waals surface area contributed by atoms with E-state index in [1.807, 2.05) is 182 Å². The standard InChI is InChI=1S/C16H20NP.C15H17O3P.C14H15O4P.C14H15O3P/c1-3-14-17(2)18(15-10-6-4-7-11-15)16-12-8-5-9-13-16;16-12-7-13-19(17-14-8-3-1-4-9-14)18-15-10-5-2-6-11-15;15-11-12-16-19(17-13-7-3-1-4-8-13)18-14-9-5-2-6-10-14;15-11-12-16-18(14-9-5-2-6-10-14)17-13-7-3-1-4-8-13/h4-13H,3,14H2,1-2H3;1-6,8-11,16H,7,12-13H2;1-10,15H,11-12H2;1-10,15H,11-12H2. The average Bonchev–Trinajstić information content (AvgIpc) is 3.46. The van der Waals surface area contributed by atoms with Gasteiger partial charge in [-0.15, -0.1) is 0 Å². The number of benzene rings is 8. The summed E-state index contributed by atoms with van der Waals surface area (Å²) in [6.07, 6.45) is 2.57. The molecular weight excluding hydrogens is 1010 g/mol. The topological polar surface area (TPSA) is 129 Å². The second-order valence-corrected chi connectivity index (χ2v) is 21.8. The van der Waals surface area contributed by atoms with Gasteiger partial charge in [0.15, 0.2) is 0 Å². The largest absolute Gasteiger partial charge is 0.463 e. The minimum atomic E-state index is -1.58. The molecule has 74 heavy (non-hydrogen) atoms. The Morgan fingerprint density at radius 2 is 0.703 bits per heavy atom. The number of rotatable bonds is 25. The Balaban J connectivity index is 0.000000183. The molecule has 3 N–H and O–H groups in total. The molecule has 8 aromatic rings. The van der Waals surface area contributed by atoms with E-state index in [0.717, 1.165) is 29.1 Å². The van der Waals surface area contributed by atoms with Crippen LogP contribution in [0.4, 0.5) is 0 Å². The first-order valence-electron chi connectivity index (χ1n) is 24.3. The Morgan fingerprint density at radius 3 is 1.05 bits per heavy atom. The molecule has 0 fully saturated rings. The Hall–Kier alpha value is -5.76. The van der Waals surface area contributed by atoms with Crippen LogP contribution in [-0.4, -0.2) is 72.8 Å². The predicted molar refractivity (Wildman–Crippen MR) is 307 cm³/mol. The van der Waals surface area contributed by atoms with Gasteiger partial charge in [-0.25, -0.2) is 0 Å². The lowest BCUT2D eigenvalue weighted by molar-refractivity contribution is 0.186. The summed E-state index contributed by atoms with van der Waals surface area (Å²) in [4.78, 5) is 0. The van der Waals surface area contributed by atoms with Crippen LogP contribution < -0.4 is 38.5 Å². The molecule has 0 aliphatic carbocycles. The summed E-state index contributed by atoms with van der Waals surface area (Å²) in [5.74, 6) is 3.69. The van der Waals surface area contributed by atoms with Gasteiger partial charge in [0.05, 0.1) is 26.4 Å². The molecule has 1 atom stereocenters. The van der Waals surface area contributed by atoms with E-state index in [0.29, 0.717) is 24.1 Å². The van der Waals surface area contributed by atoms with Gasteiger partial charge in [-0.3, -0.25) is 9.19 Å². The summed E-state index contributed by atoms with van der Waals surface area (Å²) in [5.41, 5.74) is 0. The lowest BCUT2D eigenvalue weighted by atomic mass is 10.3. The number of aliphatic hydroxyl groups excluding tert-OH is 3. The minimum Gasteiger partial charge on any atom is -0.444 e. The van der Waals surface area contributed by atoms with Crippen molar-refractivity contribution in [2.24, 2.45) is 0 Å². The molecule has 0 amide bonds. The van der Waals surface area contributed by atoms with Crippen molar-refractivity contribution in [1.29, 1.82) is 0 Å². The van der Waals surface area contributed by atoms with Crippen molar-refractivity contribution >= 4 is 49.3 Å². The smallest absolute Gasteiger partial charge is 0.444 e. The second kappa shape index (κ2) is 37.0. The van der Waals surface area contributed by atoms with Crippen molar-refractivity contribution in [3.8, 4) is 28.7 Å². The van der Waals surface area contributed by atoms with Crippen LogP contribution in [0.25, 0.3) is 0 Å². The van der Waals surface area contributed by atoms with Crippen LogP contribution in [0.1, 0.15) is 19.8 Å². The van der Waals surface area contributed by atoms with Crippen molar-refractivity contribution in [2.45, 2.75) is 19.8 Å². The van der Waals surface area contributed by atoms with Gasteiger partial charge >= 0.3 is 8.60 Å². The highest BCUT2D eigenvalue weighted by Gasteiger charge is 2.19. The first-order valence-corrected chi connectivity index (χ1v) is 29.2. The van der Waals surface area contributed by atoms with Gasteiger partial charge in [0.25, 0.3) is 16.8 Å². The molecule has 0 aromatic heterocycles. The summed E-state index contributed by atoms with van der Waals surface area (Å²) < 4.78 is 42.2. The zero-order chi connectivity index (χ0) is 52.1. The highest BCUT2D eigenvalue weighted by molar-refractivity contribution is 7.70. The van der Waals surface area contributed by atoms with E-state index in [2.05, 4.69) is 79.3 Å². The summed E-state index contributed by atoms with van der Waals surface area (Å²) in [7, 11) is -2.01. The summed E-state index contributed by atoms with van der Waals surface area (Å²) in [5, 5.41) is 30.5. The molecule has 388 valence electrons. The van der Waals surface area contributed by atoms with Crippen molar-refractivity contribution in [1.82, 2.24) is 4.67 Å². The van der Waals surface area contributed by atoms with Gasteiger partial charge in [-0.2, -0.15) is 0 Å². The maximum Gasteiger partial charge on any atom is 0.463 e. The fourth-order valence-electron chi connectivity index (χ4n) is 6.34. The minimum absolute atomic E-state index is 0.0101. The average molecular weight is 1070 g/mol. The van der Waals surface area contributed by atoms with E-state index in [-0.39, 0.29) is 41.1 Å². The van der Waals surface area contributed by atoms with Crippen molar-refractivity contribution in [3.63, 3.8) is 0 Å². The summed E-state index contributed by atoms with van der Waals surface area (Å²) in [6.45, 7) is 3.88. The molecule has 1 unspecified atom stereocenters. The molecular formula is C59H67NO10P4. The van der Waals surface area contributed by atoms with E-state index in [4.69, 9.17) is 47.0 Å². The van der Waals surface area contributed by atoms with Crippen molar-refractivity contribution in [3.05, 3.63) is 243 Å². The first kappa shape index (κ1) is 59.1. The van der Waals surface area contributed by atoms with Gasteiger partial charge in [0.1, 0.15) is 28.7 Å². The van der Waals surface area contributed by atoms with Gasteiger partial charge in [-0.05, 0) is 103 Å². The van der Waals surface area contributed by atoms with Crippen LogP contribution >= 0.6 is 33.4 Å². The van der Waals surface area contributed by atoms with Crippen LogP contribution in [0.15, 0.2) is 243 Å². The quantitative estimate of drug-likeness (QED) is 0.0473. The molecule has 11 nitrogen and oxygen atoms in total. The number of para-hydroxylation sites is 5. The molecule has 0 bridgehead atoms. The lowest BCUT2D eigenvalue weighted by Crippen LogP contribution is -2.26. The van der Waals surface area contributed by atoms with Crippen molar-refractivity contribution in [2.75, 3.05) is 52.8 Å². The third-order valence-corrected chi connectivity index (χ3v) is 16.2. The van der Waals surface area contributed by atoms with Crippen LogP contribution in [-0.2, 0) is 9.05 Å². The molecule has 0 saturated carbocycles. The second-order valence-electron chi connectivity index (χ2n) is 15.4. The Bertz CT molecular complexity index is 2340. The van der Waals surface area contributed by atoms with Gasteiger partial charge < -0.3 is 42.5 Å². The Morgan fingerprint density at radius 1 is 0.378 bits per heavy atom. The molecule has 0 saturated heterocycles. The van der Waals surface area contributed by atoms with E-state index < -0.39 is 25.4 Å². The third kappa shape index (κ3) is 23.6. The van der Waals surface area contributed by atoms with Crippen LogP contribution in [0.5, 0.6) is 28.7 Å². The molecule has 0 radical (unpaired) electrons.